The highest BCUT2D eigenvalue weighted by atomic mass is 32.2. The smallest absolute Gasteiger partial charge is 0.410 e. The molecule has 5 rings (SSSR count). The molecule has 0 bridgehead atoms. The first-order valence-corrected chi connectivity index (χ1v) is 31.3. The number of hydrogen-bond donors (Lipinski definition) is 5. The highest BCUT2D eigenvalue weighted by molar-refractivity contribution is 7.89. The molecule has 0 aliphatic heterocycles. The molecule has 20 heteroatoms. The van der Waals surface area contributed by atoms with Crippen molar-refractivity contribution in [2.75, 3.05) is 27.2 Å². The predicted molar refractivity (Wildman–Crippen MR) is 336 cm³/mol. The SMILES string of the molecule is C/C(=C\[C@H](C(C)C)N(C)C(=O)[C@@H](NC(=O)[C@@H](N(C)C(=O)OC(C)(C)C)C(C)(C)c1ccccc1)C(C)(C)C)C(=O)NS(=O)(=O)Cc1ccc(CC(=O)[C@H](CCCNC(N)=O)NC(=O)[C@@H](CC(=O)OCC2c3ccccc3-c3ccccc32)C(C)C)cc1. The normalized spacial score (nSPS) is 14.5. The minimum atomic E-state index is -4.31. The van der Waals surface area contributed by atoms with Crippen molar-refractivity contribution in [3.8, 4) is 11.1 Å². The molecule has 6 N–H and O–H groups in total. The monoisotopic (exact) mass is 1220 g/mol. The van der Waals surface area contributed by atoms with E-state index in [9.17, 15) is 46.8 Å². The Labute approximate surface area is 514 Å². The lowest BCUT2D eigenvalue weighted by atomic mass is 9.76. The summed E-state index contributed by atoms with van der Waals surface area (Å²) in [5.41, 5.74) is 8.42. The summed E-state index contributed by atoms with van der Waals surface area (Å²) in [4.78, 5) is 112. The summed E-state index contributed by atoms with van der Waals surface area (Å²) in [6.45, 7) is 23.2. The van der Waals surface area contributed by atoms with E-state index in [2.05, 4.69) is 20.7 Å². The third kappa shape index (κ3) is 19.3. The molecule has 4 aromatic rings. The van der Waals surface area contributed by atoms with Crippen molar-refractivity contribution in [2.45, 2.75) is 163 Å². The number of rotatable bonds is 27. The molecule has 0 saturated heterocycles. The van der Waals surface area contributed by atoms with E-state index in [0.717, 1.165) is 27.8 Å². The maximum atomic E-state index is 14.7. The average Bonchev–Trinajstić information content (AvgIpc) is 1.79. The van der Waals surface area contributed by atoms with Gasteiger partial charge in [0, 0.05) is 44.0 Å². The first-order chi connectivity index (χ1) is 40.5. The van der Waals surface area contributed by atoms with E-state index in [1.54, 1.807) is 74.6 Å². The molecule has 0 heterocycles. The molecular formula is C67H91N7O12S. The quantitative estimate of drug-likeness (QED) is 0.0213. The van der Waals surface area contributed by atoms with Crippen molar-refractivity contribution in [1.82, 2.24) is 30.5 Å². The maximum Gasteiger partial charge on any atom is 0.410 e. The number of carbonyl (C=O) groups excluding carboxylic acids is 8. The predicted octanol–water partition coefficient (Wildman–Crippen LogP) is 8.87. The highest BCUT2D eigenvalue weighted by Gasteiger charge is 2.46. The Morgan fingerprint density at radius 1 is 0.701 bits per heavy atom. The molecule has 0 spiro atoms. The number of esters is 1. The van der Waals surface area contributed by atoms with E-state index in [4.69, 9.17) is 15.2 Å². The zero-order valence-corrected chi connectivity index (χ0v) is 54.1. The number of fused-ring (bicyclic) bond motifs is 3. The molecule has 1 aliphatic rings. The Morgan fingerprint density at radius 3 is 1.78 bits per heavy atom. The number of hydrogen-bond acceptors (Lipinski definition) is 12. The van der Waals surface area contributed by atoms with Gasteiger partial charge in [0.05, 0.1) is 30.2 Å². The van der Waals surface area contributed by atoms with Crippen LogP contribution >= 0.6 is 0 Å². The van der Waals surface area contributed by atoms with Crippen LogP contribution in [0.5, 0.6) is 0 Å². The summed E-state index contributed by atoms with van der Waals surface area (Å²) in [6, 6.07) is 26.6. The molecule has 0 unspecified atom stereocenters. The number of sulfonamides is 1. The molecule has 0 fully saturated rings. The van der Waals surface area contributed by atoms with Crippen LogP contribution in [0.25, 0.3) is 11.1 Å². The lowest BCUT2D eigenvalue weighted by Crippen LogP contribution is -2.63. The van der Waals surface area contributed by atoms with Gasteiger partial charge in [-0.2, -0.15) is 0 Å². The van der Waals surface area contributed by atoms with Gasteiger partial charge >= 0.3 is 18.1 Å². The number of likely N-dealkylation sites (N-methyl/N-ethyl adjacent to an activating group) is 2. The van der Waals surface area contributed by atoms with Crippen molar-refractivity contribution in [1.29, 1.82) is 0 Å². The van der Waals surface area contributed by atoms with Crippen LogP contribution in [-0.2, 0) is 65.9 Å². The van der Waals surface area contributed by atoms with Crippen molar-refractivity contribution in [2.24, 2.45) is 28.9 Å². The lowest BCUT2D eigenvalue weighted by Gasteiger charge is -2.42. The van der Waals surface area contributed by atoms with Crippen LogP contribution in [0, 0.1) is 23.2 Å². The first-order valence-electron chi connectivity index (χ1n) is 29.6. The summed E-state index contributed by atoms with van der Waals surface area (Å²) in [6.07, 6.45) is 0.820. The third-order valence-corrected chi connectivity index (χ3v) is 17.0. The van der Waals surface area contributed by atoms with Crippen molar-refractivity contribution >= 4 is 57.5 Å². The van der Waals surface area contributed by atoms with E-state index >= 15 is 0 Å². The van der Waals surface area contributed by atoms with E-state index in [0.29, 0.717) is 11.1 Å². The topological polar surface area (TPSA) is 270 Å². The summed E-state index contributed by atoms with van der Waals surface area (Å²) in [7, 11) is -1.28. The van der Waals surface area contributed by atoms with Gasteiger partial charge in [-0.25, -0.2) is 22.7 Å². The fourth-order valence-electron chi connectivity index (χ4n) is 10.9. The van der Waals surface area contributed by atoms with E-state index in [1.807, 2.05) is 107 Å². The van der Waals surface area contributed by atoms with E-state index in [-0.39, 0.29) is 67.9 Å². The van der Waals surface area contributed by atoms with E-state index < -0.39 is 104 Å². The summed E-state index contributed by atoms with van der Waals surface area (Å²) in [5, 5.41) is 8.34. The Morgan fingerprint density at radius 2 is 1.25 bits per heavy atom. The second-order valence-corrected chi connectivity index (χ2v) is 27.8. The Hall–Kier alpha value is -7.87. The van der Waals surface area contributed by atoms with Gasteiger partial charge in [0.15, 0.2) is 5.78 Å². The number of primary amides is 1. The Kier molecular flexibility index (Phi) is 23.8. The summed E-state index contributed by atoms with van der Waals surface area (Å²) >= 11 is 0. The molecule has 7 amide bonds. The number of ketones is 1. The molecule has 0 saturated carbocycles. The first kappa shape index (κ1) is 69.9. The van der Waals surface area contributed by atoms with E-state index in [1.165, 1.54) is 42.0 Å². The van der Waals surface area contributed by atoms with Crippen molar-refractivity contribution < 1.29 is 56.2 Å². The molecule has 0 radical (unpaired) electrons. The van der Waals surface area contributed by atoms with Gasteiger partial charge < -0.3 is 36.1 Å². The summed E-state index contributed by atoms with van der Waals surface area (Å²) in [5.74, 6) is -5.66. The highest BCUT2D eigenvalue weighted by Crippen LogP contribution is 2.44. The fourth-order valence-corrected chi connectivity index (χ4v) is 12.1. The molecule has 4 aromatic carbocycles. The minimum Gasteiger partial charge on any atom is -0.465 e. The largest absolute Gasteiger partial charge is 0.465 e. The van der Waals surface area contributed by atoms with Crippen molar-refractivity contribution in [3.05, 3.63) is 143 Å². The minimum absolute atomic E-state index is 0.00907. The molecule has 0 aromatic heterocycles. The number of benzene rings is 4. The van der Waals surface area contributed by atoms with Crippen LogP contribution in [0.4, 0.5) is 9.59 Å². The zero-order chi connectivity index (χ0) is 64.9. The van der Waals surface area contributed by atoms with Gasteiger partial charge in [0.1, 0.15) is 24.3 Å². The Balaban J connectivity index is 1.24. The number of ether oxygens (including phenoxy) is 2. The second-order valence-electron chi connectivity index (χ2n) is 26.0. The number of Topliss-reactive ketones (excluding diaryl/α,β-unsaturated/α-hetero) is 1. The summed E-state index contributed by atoms with van der Waals surface area (Å²) < 4.78 is 40.8. The molecule has 472 valence electrons. The number of urea groups is 1. The molecule has 19 nitrogen and oxygen atoms in total. The zero-order valence-electron chi connectivity index (χ0n) is 53.2. The third-order valence-electron chi connectivity index (χ3n) is 15.8. The van der Waals surface area contributed by atoms with Gasteiger partial charge in [0.2, 0.25) is 27.7 Å². The molecule has 1 aliphatic carbocycles. The molecule has 5 atom stereocenters. The number of nitrogens with two attached hydrogens (primary N) is 1. The maximum absolute atomic E-state index is 14.7. The van der Waals surface area contributed by atoms with Gasteiger partial charge in [-0.05, 0) is 96.7 Å². The van der Waals surface area contributed by atoms with Crippen LogP contribution in [0.2, 0.25) is 0 Å². The van der Waals surface area contributed by atoms with Gasteiger partial charge in [-0.15, -0.1) is 0 Å². The van der Waals surface area contributed by atoms with Crippen LogP contribution in [0.1, 0.15) is 143 Å². The lowest BCUT2D eigenvalue weighted by molar-refractivity contribution is -0.148. The molecule has 87 heavy (non-hydrogen) atoms. The van der Waals surface area contributed by atoms with Gasteiger partial charge in [-0.1, -0.05) is 172 Å². The standard InChI is InChI=1S/C67H91N7O12S/c1-41(2)51(38-56(76)85-39-52-49-28-21-19-26-47(49)48-27-20-22-29-50(48)52)60(78)70-53(30-23-35-69-63(68)81)55(75)37-44-31-33-45(34-32-44)40-87(83,84)72-59(77)43(5)36-54(42(3)4)73(14)62(80)57(65(6,7)8)71-61(79)58(74(15)64(82)86-66(9,10)11)67(12,13)46-24-17-16-18-25-46/h16-22,24-29,31-34,36,41-42,51-54,57-58H,23,30,35,37-40H2,1-15H3,(H,70,78)(H,71,79)(H,72,77)(H3,68,69,81)/b43-36+/t51-,53-,54+,57+,58+/m0/s1. The van der Waals surface area contributed by atoms with Gasteiger partial charge in [-0.3, -0.25) is 33.7 Å². The Bertz CT molecular complexity index is 3210. The van der Waals surface area contributed by atoms with Crippen LogP contribution < -0.4 is 26.4 Å². The molecular weight excluding hydrogens is 1130 g/mol. The van der Waals surface area contributed by atoms with Gasteiger partial charge in [0.25, 0.3) is 5.91 Å². The van der Waals surface area contributed by atoms with Crippen LogP contribution in [0.3, 0.4) is 0 Å². The number of amides is 7. The average molecular weight is 1220 g/mol. The fraction of sp³-hybridized carbons (Fsp3) is 0.493. The number of carbonyl (C=O) groups is 8. The number of nitrogens with one attached hydrogen (secondary N) is 4. The van der Waals surface area contributed by atoms with Crippen LogP contribution in [-0.4, -0.2) is 123 Å². The van der Waals surface area contributed by atoms with Crippen molar-refractivity contribution in [3.63, 3.8) is 0 Å². The second kappa shape index (κ2) is 29.7. The van der Waals surface area contributed by atoms with Crippen LogP contribution in [0.15, 0.2) is 115 Å². The number of nitrogens with zero attached hydrogens (tertiary/aromatic N) is 2.